The fourth-order valence-electron chi connectivity index (χ4n) is 1.37. The molecule has 1 aromatic heterocycles. The van der Waals surface area contributed by atoms with Crippen molar-refractivity contribution in [2.75, 3.05) is 12.3 Å². The third kappa shape index (κ3) is 4.44. The largest absolute Gasteiger partial charge is 0.423 e. The van der Waals surface area contributed by atoms with Crippen molar-refractivity contribution in [1.29, 1.82) is 0 Å². The summed E-state index contributed by atoms with van der Waals surface area (Å²) in [4.78, 5) is 11.2. The van der Waals surface area contributed by atoms with Crippen LogP contribution in [-0.2, 0) is 11.3 Å². The van der Waals surface area contributed by atoms with Gasteiger partial charge in [-0.2, -0.15) is 26.3 Å². The maximum atomic E-state index is 12.2. The number of hydrogen-bond acceptors (Lipinski definition) is 3. The van der Waals surface area contributed by atoms with Crippen molar-refractivity contribution in [3.8, 4) is 0 Å². The first-order valence-corrected chi connectivity index (χ1v) is 5.23. The predicted molar refractivity (Wildman–Crippen MR) is 57.0 cm³/mol. The normalized spacial score (nSPS) is 12.9. The van der Waals surface area contributed by atoms with E-state index in [4.69, 9.17) is 5.73 Å². The highest BCUT2D eigenvalue weighted by Gasteiger charge is 2.57. The van der Waals surface area contributed by atoms with Crippen LogP contribution in [0.15, 0.2) is 23.1 Å². The molecule has 1 heterocycles. The summed E-state index contributed by atoms with van der Waals surface area (Å²) in [6.07, 6.45) is -13.9. The Balaban J connectivity index is 2.71. The summed E-state index contributed by atoms with van der Waals surface area (Å²) in [6.45, 7) is -1.42. The molecule has 0 aliphatic rings. The van der Waals surface area contributed by atoms with Crippen molar-refractivity contribution in [1.82, 2.24) is 4.57 Å². The van der Waals surface area contributed by atoms with Crippen LogP contribution in [0, 0.1) is 0 Å². The smallest absolute Gasteiger partial charge is 0.398 e. The molecule has 10 heteroatoms. The zero-order valence-corrected chi connectivity index (χ0v) is 9.83. The topological polar surface area (TPSA) is 57.2 Å². The summed E-state index contributed by atoms with van der Waals surface area (Å²) in [5, 5.41) is 0. The minimum absolute atomic E-state index is 0.146. The molecule has 0 aromatic carbocycles. The summed E-state index contributed by atoms with van der Waals surface area (Å²) in [6, 6.07) is 2.30. The van der Waals surface area contributed by atoms with Gasteiger partial charge in [0, 0.05) is 24.5 Å². The van der Waals surface area contributed by atoms with Gasteiger partial charge in [0.15, 0.2) is 0 Å². The Morgan fingerprint density at radius 3 is 2.20 bits per heavy atom. The molecule has 2 N–H and O–H groups in total. The van der Waals surface area contributed by atoms with E-state index < -0.39 is 37.2 Å². The van der Waals surface area contributed by atoms with E-state index in [-0.39, 0.29) is 5.69 Å². The van der Waals surface area contributed by atoms with E-state index in [0.717, 1.165) is 16.8 Å². The number of anilines is 1. The molecule has 0 bridgehead atoms. The summed E-state index contributed by atoms with van der Waals surface area (Å²) in [7, 11) is 0. The zero-order valence-electron chi connectivity index (χ0n) is 9.83. The number of ether oxygens (including phenoxy) is 1. The Labute approximate surface area is 108 Å². The van der Waals surface area contributed by atoms with Gasteiger partial charge in [-0.25, -0.2) is 0 Å². The van der Waals surface area contributed by atoms with Gasteiger partial charge in [-0.3, -0.25) is 4.79 Å². The van der Waals surface area contributed by atoms with Crippen molar-refractivity contribution in [3.05, 3.63) is 28.7 Å². The van der Waals surface area contributed by atoms with E-state index in [9.17, 15) is 31.1 Å². The third-order valence-electron chi connectivity index (χ3n) is 2.22. The third-order valence-corrected chi connectivity index (χ3v) is 2.22. The lowest BCUT2D eigenvalue weighted by Crippen LogP contribution is -2.45. The van der Waals surface area contributed by atoms with Crippen LogP contribution in [0.2, 0.25) is 0 Å². The first-order chi connectivity index (χ1) is 9.01. The molecule has 4 nitrogen and oxygen atoms in total. The molecule has 0 saturated carbocycles. The van der Waals surface area contributed by atoms with Gasteiger partial charge in [0.2, 0.25) is 6.10 Å². The molecule has 0 unspecified atom stereocenters. The second-order valence-electron chi connectivity index (χ2n) is 3.83. The Morgan fingerprint density at radius 2 is 1.70 bits per heavy atom. The molecular weight excluding hydrogens is 294 g/mol. The predicted octanol–water partition coefficient (Wildman–Crippen LogP) is 1.94. The van der Waals surface area contributed by atoms with Gasteiger partial charge < -0.3 is 15.0 Å². The van der Waals surface area contributed by atoms with Crippen LogP contribution in [-0.4, -0.2) is 29.6 Å². The standard InChI is InChI=1S/C10H10F6N2O2/c11-9(12,13)8(10(14,15)16)20-4-3-18-5-6(17)1-2-7(18)19/h1-2,5,8H,3-4,17H2. The van der Waals surface area contributed by atoms with Gasteiger partial charge in [0.25, 0.3) is 5.56 Å². The summed E-state index contributed by atoms with van der Waals surface area (Å²) >= 11 is 0. The highest BCUT2D eigenvalue weighted by Crippen LogP contribution is 2.35. The number of halogens is 6. The van der Waals surface area contributed by atoms with Crippen LogP contribution in [0.1, 0.15) is 0 Å². The van der Waals surface area contributed by atoms with Gasteiger partial charge in [-0.1, -0.05) is 0 Å². The van der Waals surface area contributed by atoms with Crippen LogP contribution in [0.4, 0.5) is 32.0 Å². The molecule has 0 amide bonds. The minimum atomic E-state index is -5.57. The number of nitrogen functional groups attached to an aromatic ring is 1. The van der Waals surface area contributed by atoms with E-state index in [1.807, 2.05) is 0 Å². The van der Waals surface area contributed by atoms with Crippen molar-refractivity contribution in [2.24, 2.45) is 0 Å². The molecule has 0 aliphatic carbocycles. The fraction of sp³-hybridized carbons (Fsp3) is 0.500. The van der Waals surface area contributed by atoms with E-state index in [2.05, 4.69) is 4.74 Å². The first-order valence-electron chi connectivity index (χ1n) is 5.23. The molecular formula is C10H10F6N2O2. The lowest BCUT2D eigenvalue weighted by atomic mass is 10.3. The quantitative estimate of drug-likeness (QED) is 0.865. The van der Waals surface area contributed by atoms with Crippen molar-refractivity contribution in [3.63, 3.8) is 0 Å². The molecule has 0 fully saturated rings. The van der Waals surface area contributed by atoms with Crippen molar-refractivity contribution in [2.45, 2.75) is 25.0 Å². The maximum Gasteiger partial charge on any atom is 0.423 e. The number of rotatable bonds is 4. The van der Waals surface area contributed by atoms with Gasteiger partial charge in [-0.15, -0.1) is 0 Å². The van der Waals surface area contributed by atoms with Crippen LogP contribution in [0.3, 0.4) is 0 Å². The van der Waals surface area contributed by atoms with Crippen molar-refractivity contribution < 1.29 is 31.1 Å². The number of alkyl halides is 6. The Morgan fingerprint density at radius 1 is 1.15 bits per heavy atom. The van der Waals surface area contributed by atoms with E-state index >= 15 is 0 Å². The summed E-state index contributed by atoms with van der Waals surface area (Å²) in [5.41, 5.74) is 4.87. The molecule has 0 aliphatic heterocycles. The molecule has 0 radical (unpaired) electrons. The SMILES string of the molecule is Nc1ccc(=O)n(CCOC(C(F)(F)F)C(F)(F)F)c1. The zero-order chi connectivity index (χ0) is 15.6. The van der Waals surface area contributed by atoms with Crippen LogP contribution in [0.25, 0.3) is 0 Å². The molecule has 0 saturated heterocycles. The van der Waals surface area contributed by atoms with E-state index in [1.54, 1.807) is 0 Å². The number of hydrogen-bond donors (Lipinski definition) is 1. The highest BCUT2D eigenvalue weighted by molar-refractivity contribution is 5.33. The maximum absolute atomic E-state index is 12.2. The lowest BCUT2D eigenvalue weighted by Gasteiger charge is -2.23. The monoisotopic (exact) mass is 304 g/mol. The number of nitrogens with two attached hydrogens (primary N) is 1. The van der Waals surface area contributed by atoms with Crippen LogP contribution >= 0.6 is 0 Å². The summed E-state index contributed by atoms with van der Waals surface area (Å²) in [5.74, 6) is 0. The number of nitrogens with zero attached hydrogens (tertiary/aromatic N) is 1. The number of pyridine rings is 1. The molecule has 1 aromatic rings. The number of aromatic nitrogens is 1. The Kier molecular flexibility index (Phi) is 4.69. The Hall–Kier alpha value is -1.71. The average Bonchev–Trinajstić information content (AvgIpc) is 2.25. The second kappa shape index (κ2) is 5.73. The van der Waals surface area contributed by atoms with Crippen molar-refractivity contribution >= 4 is 5.69 Å². The van der Waals surface area contributed by atoms with Crippen LogP contribution < -0.4 is 11.3 Å². The van der Waals surface area contributed by atoms with Gasteiger partial charge in [0.05, 0.1) is 6.61 Å². The van der Waals surface area contributed by atoms with Crippen LogP contribution in [0.5, 0.6) is 0 Å². The molecule has 1 rings (SSSR count). The fourth-order valence-corrected chi connectivity index (χ4v) is 1.37. The minimum Gasteiger partial charge on any atom is -0.398 e. The Bertz CT molecular complexity index is 494. The molecule has 0 atom stereocenters. The lowest BCUT2D eigenvalue weighted by molar-refractivity contribution is -0.322. The molecule has 0 spiro atoms. The van der Waals surface area contributed by atoms with E-state index in [1.165, 1.54) is 6.07 Å². The highest BCUT2D eigenvalue weighted by atomic mass is 19.4. The molecule has 114 valence electrons. The second-order valence-corrected chi connectivity index (χ2v) is 3.83. The molecule has 20 heavy (non-hydrogen) atoms. The average molecular weight is 304 g/mol. The summed E-state index contributed by atoms with van der Waals surface area (Å²) < 4.78 is 77.6. The first kappa shape index (κ1) is 16.3. The van der Waals surface area contributed by atoms with Gasteiger partial charge >= 0.3 is 12.4 Å². The van der Waals surface area contributed by atoms with Gasteiger partial charge in [-0.05, 0) is 6.07 Å². The van der Waals surface area contributed by atoms with Gasteiger partial charge in [0.1, 0.15) is 0 Å². The van der Waals surface area contributed by atoms with E-state index in [0.29, 0.717) is 0 Å².